The molecular formula is C15H30N4O3S. The minimum absolute atomic E-state index is 0.0231. The summed E-state index contributed by atoms with van der Waals surface area (Å²) in [7, 11) is 0.883. The second-order valence-electron chi connectivity index (χ2n) is 7.09. The molecule has 0 aromatic heterocycles. The molecule has 2 saturated heterocycles. The number of sulfonamides is 1. The highest BCUT2D eigenvalue weighted by atomic mass is 32.2. The van der Waals surface area contributed by atoms with Crippen LogP contribution in [0.1, 0.15) is 19.3 Å². The molecule has 0 unspecified atom stereocenters. The molecule has 0 radical (unpaired) electrons. The van der Waals surface area contributed by atoms with Crippen molar-refractivity contribution < 1.29 is 13.2 Å². The van der Waals surface area contributed by atoms with Crippen LogP contribution in [0.2, 0.25) is 0 Å². The van der Waals surface area contributed by atoms with Gasteiger partial charge >= 0.3 is 6.03 Å². The molecule has 2 aliphatic heterocycles. The van der Waals surface area contributed by atoms with E-state index in [0.717, 1.165) is 38.9 Å². The van der Waals surface area contributed by atoms with Crippen molar-refractivity contribution in [1.29, 1.82) is 0 Å². The van der Waals surface area contributed by atoms with Crippen LogP contribution in [0.4, 0.5) is 4.79 Å². The van der Waals surface area contributed by atoms with Crippen LogP contribution in [0.3, 0.4) is 0 Å². The number of nitrogens with one attached hydrogen (secondary N) is 1. The normalized spacial score (nSPS) is 24.7. The predicted molar refractivity (Wildman–Crippen MR) is 90.8 cm³/mol. The zero-order valence-corrected chi connectivity index (χ0v) is 15.3. The van der Waals surface area contributed by atoms with E-state index in [1.165, 1.54) is 10.6 Å². The third kappa shape index (κ3) is 5.61. The van der Waals surface area contributed by atoms with E-state index in [1.54, 1.807) is 4.90 Å². The first-order valence-electron chi connectivity index (χ1n) is 8.38. The molecule has 2 aliphatic rings. The predicted octanol–water partition coefficient (Wildman–Crippen LogP) is 0.251. The highest BCUT2D eigenvalue weighted by Gasteiger charge is 2.26. The summed E-state index contributed by atoms with van der Waals surface area (Å²) in [4.78, 5) is 16.2. The van der Waals surface area contributed by atoms with Gasteiger partial charge in [0.2, 0.25) is 10.0 Å². The van der Waals surface area contributed by atoms with Gasteiger partial charge in [-0.3, -0.25) is 0 Å². The standard InChI is InChI=1S/C15H30N4O3S/c1-17-7-4-14(11-17)12-18(2)15(20)16-10-13-5-8-19(9-6-13)23(3,21)22/h13-14H,4-12H2,1-3H3,(H,16,20)/t14-/m1/s1. The molecule has 134 valence electrons. The summed E-state index contributed by atoms with van der Waals surface area (Å²) >= 11 is 0. The number of piperidine rings is 1. The van der Waals surface area contributed by atoms with E-state index >= 15 is 0 Å². The Morgan fingerprint density at radius 1 is 1.17 bits per heavy atom. The molecule has 0 saturated carbocycles. The van der Waals surface area contributed by atoms with Gasteiger partial charge in [0.25, 0.3) is 0 Å². The Morgan fingerprint density at radius 3 is 2.30 bits per heavy atom. The molecule has 8 heteroatoms. The molecule has 2 heterocycles. The van der Waals surface area contributed by atoms with Crippen molar-refractivity contribution in [3.05, 3.63) is 0 Å². The van der Waals surface area contributed by atoms with Crippen molar-refractivity contribution in [2.45, 2.75) is 19.3 Å². The van der Waals surface area contributed by atoms with Gasteiger partial charge < -0.3 is 15.1 Å². The van der Waals surface area contributed by atoms with Gasteiger partial charge in [-0.2, -0.15) is 0 Å². The number of urea groups is 1. The van der Waals surface area contributed by atoms with Gasteiger partial charge in [-0.25, -0.2) is 17.5 Å². The molecule has 0 bridgehead atoms. The van der Waals surface area contributed by atoms with E-state index in [4.69, 9.17) is 0 Å². The Hall–Kier alpha value is -0.860. The molecule has 7 nitrogen and oxygen atoms in total. The smallest absolute Gasteiger partial charge is 0.317 e. The first-order chi connectivity index (χ1) is 10.8. The average Bonchev–Trinajstić information content (AvgIpc) is 2.89. The number of carbonyl (C=O) groups excluding carboxylic acids is 1. The largest absolute Gasteiger partial charge is 0.338 e. The molecule has 1 N–H and O–H groups in total. The summed E-state index contributed by atoms with van der Waals surface area (Å²) in [5.41, 5.74) is 0. The lowest BCUT2D eigenvalue weighted by atomic mass is 9.98. The van der Waals surface area contributed by atoms with Crippen molar-refractivity contribution >= 4 is 16.1 Å². The monoisotopic (exact) mass is 346 g/mol. The SMILES string of the molecule is CN1CC[C@@H](CN(C)C(=O)NCC2CCN(S(C)(=O)=O)CC2)C1. The molecule has 0 aromatic carbocycles. The summed E-state index contributed by atoms with van der Waals surface area (Å²) in [6, 6.07) is -0.0231. The zero-order chi connectivity index (χ0) is 17.0. The van der Waals surface area contributed by atoms with Crippen molar-refractivity contribution in [3.63, 3.8) is 0 Å². The van der Waals surface area contributed by atoms with Gasteiger partial charge in [0, 0.05) is 39.8 Å². The Labute approximate surface area is 140 Å². The summed E-state index contributed by atoms with van der Waals surface area (Å²) in [6.45, 7) is 4.71. The molecule has 0 spiro atoms. The third-order valence-corrected chi connectivity index (χ3v) is 6.26. The minimum atomic E-state index is -3.08. The number of amides is 2. The van der Waals surface area contributed by atoms with Crippen LogP contribution in [0, 0.1) is 11.8 Å². The lowest BCUT2D eigenvalue weighted by Crippen LogP contribution is -2.44. The fourth-order valence-corrected chi connectivity index (χ4v) is 4.33. The van der Waals surface area contributed by atoms with Crippen molar-refractivity contribution in [3.8, 4) is 0 Å². The second kappa shape index (κ2) is 7.81. The number of rotatable bonds is 5. The highest BCUT2D eigenvalue weighted by molar-refractivity contribution is 7.88. The number of carbonyl (C=O) groups is 1. The first kappa shape index (κ1) is 18.5. The maximum atomic E-state index is 12.2. The molecule has 0 aliphatic carbocycles. The van der Waals surface area contributed by atoms with Crippen molar-refractivity contribution in [2.24, 2.45) is 11.8 Å². The molecule has 1 atom stereocenters. The lowest BCUT2D eigenvalue weighted by Gasteiger charge is -2.30. The van der Waals surface area contributed by atoms with Gasteiger partial charge in [-0.15, -0.1) is 0 Å². The molecule has 23 heavy (non-hydrogen) atoms. The number of likely N-dealkylation sites (tertiary alicyclic amines) is 1. The van der Waals surface area contributed by atoms with Crippen LogP contribution in [-0.2, 0) is 10.0 Å². The van der Waals surface area contributed by atoms with Gasteiger partial charge in [0.1, 0.15) is 0 Å². The van der Waals surface area contributed by atoms with Crippen LogP contribution >= 0.6 is 0 Å². The van der Waals surface area contributed by atoms with Crippen LogP contribution < -0.4 is 5.32 Å². The van der Waals surface area contributed by atoms with E-state index < -0.39 is 10.0 Å². The summed E-state index contributed by atoms with van der Waals surface area (Å²) in [5, 5.41) is 3.00. The maximum absolute atomic E-state index is 12.2. The fourth-order valence-electron chi connectivity index (χ4n) is 3.46. The Bertz CT molecular complexity index is 503. The quantitative estimate of drug-likeness (QED) is 0.775. The van der Waals surface area contributed by atoms with Crippen molar-refractivity contribution in [2.75, 3.05) is 59.6 Å². The zero-order valence-electron chi connectivity index (χ0n) is 14.5. The molecular weight excluding hydrogens is 316 g/mol. The summed E-state index contributed by atoms with van der Waals surface area (Å²) < 4.78 is 24.5. The van der Waals surface area contributed by atoms with Crippen LogP contribution in [0.5, 0.6) is 0 Å². The summed E-state index contributed by atoms with van der Waals surface area (Å²) in [6.07, 6.45) is 4.03. The van der Waals surface area contributed by atoms with Gasteiger partial charge in [0.05, 0.1) is 6.26 Å². The molecule has 2 rings (SSSR count). The Balaban J connectivity index is 1.66. The molecule has 2 fully saturated rings. The van der Waals surface area contributed by atoms with E-state index in [-0.39, 0.29) is 6.03 Å². The summed E-state index contributed by atoms with van der Waals surface area (Å²) in [5.74, 6) is 0.928. The van der Waals surface area contributed by atoms with Gasteiger partial charge in [-0.05, 0) is 44.7 Å². The molecule has 0 aromatic rings. The van der Waals surface area contributed by atoms with E-state index in [1.807, 2.05) is 7.05 Å². The van der Waals surface area contributed by atoms with Crippen molar-refractivity contribution in [1.82, 2.24) is 19.4 Å². The Morgan fingerprint density at radius 2 is 1.78 bits per heavy atom. The minimum Gasteiger partial charge on any atom is -0.338 e. The first-order valence-corrected chi connectivity index (χ1v) is 10.2. The fraction of sp³-hybridized carbons (Fsp3) is 0.933. The van der Waals surface area contributed by atoms with E-state index in [9.17, 15) is 13.2 Å². The maximum Gasteiger partial charge on any atom is 0.317 e. The third-order valence-electron chi connectivity index (χ3n) is 4.95. The topological polar surface area (TPSA) is 73.0 Å². The molecule has 2 amide bonds. The lowest BCUT2D eigenvalue weighted by molar-refractivity contribution is 0.194. The second-order valence-corrected chi connectivity index (χ2v) is 9.07. The highest BCUT2D eigenvalue weighted by Crippen LogP contribution is 2.19. The number of hydrogen-bond acceptors (Lipinski definition) is 4. The van der Waals surface area contributed by atoms with Crippen LogP contribution in [0.15, 0.2) is 0 Å². The van der Waals surface area contributed by atoms with Crippen LogP contribution in [0.25, 0.3) is 0 Å². The van der Waals surface area contributed by atoms with Crippen LogP contribution in [-0.4, -0.2) is 88.2 Å². The Kier molecular flexibility index (Phi) is 6.27. The number of hydrogen-bond donors (Lipinski definition) is 1. The van der Waals surface area contributed by atoms with E-state index in [0.29, 0.717) is 31.5 Å². The average molecular weight is 346 g/mol. The van der Waals surface area contributed by atoms with Gasteiger partial charge in [0.15, 0.2) is 0 Å². The number of nitrogens with zero attached hydrogens (tertiary/aromatic N) is 3. The van der Waals surface area contributed by atoms with Gasteiger partial charge in [-0.1, -0.05) is 0 Å². The van der Waals surface area contributed by atoms with E-state index in [2.05, 4.69) is 17.3 Å².